The van der Waals surface area contributed by atoms with Crippen molar-refractivity contribution in [2.24, 2.45) is 0 Å². The van der Waals surface area contributed by atoms with Crippen LogP contribution in [0, 0.1) is 0 Å². The Morgan fingerprint density at radius 1 is 1.41 bits per heavy atom. The molecule has 0 saturated carbocycles. The van der Waals surface area contributed by atoms with Crippen LogP contribution in [0.2, 0.25) is 0 Å². The second kappa shape index (κ2) is 6.16. The predicted octanol–water partition coefficient (Wildman–Crippen LogP) is 3.85. The van der Waals surface area contributed by atoms with Gasteiger partial charge in [0.2, 0.25) is 0 Å². The number of ether oxygens (including phenoxy) is 2. The predicted molar refractivity (Wildman–Crippen MR) is 87.6 cm³/mol. The van der Waals surface area contributed by atoms with Gasteiger partial charge in [0.25, 0.3) is 0 Å². The number of hydrogen-bond donors (Lipinski definition) is 0. The van der Waals surface area contributed by atoms with Crippen molar-refractivity contribution in [1.82, 2.24) is 9.88 Å². The van der Waals surface area contributed by atoms with Crippen LogP contribution in [0.1, 0.15) is 45.9 Å². The van der Waals surface area contributed by atoms with Crippen molar-refractivity contribution in [3.05, 3.63) is 28.0 Å². The van der Waals surface area contributed by atoms with Gasteiger partial charge in [0.05, 0.1) is 25.4 Å². The summed E-state index contributed by atoms with van der Waals surface area (Å²) in [5.74, 6) is 0. The molecule has 2 aliphatic heterocycles. The van der Waals surface area contributed by atoms with Gasteiger partial charge >= 0.3 is 6.09 Å². The molecule has 22 heavy (non-hydrogen) atoms. The largest absolute Gasteiger partial charge is 0.444 e. The van der Waals surface area contributed by atoms with Crippen molar-refractivity contribution in [3.63, 3.8) is 0 Å². The van der Waals surface area contributed by atoms with Gasteiger partial charge in [-0.1, -0.05) is 13.8 Å². The summed E-state index contributed by atoms with van der Waals surface area (Å²) < 4.78 is 12.2. The number of carbonyl (C=O) groups is 1. The number of carbonyl (C=O) groups excluding carboxylic acids is 1. The molecule has 5 nitrogen and oxygen atoms in total. The van der Waals surface area contributed by atoms with Gasteiger partial charge in [-0.3, -0.25) is 4.98 Å². The number of amides is 1. The van der Waals surface area contributed by atoms with Gasteiger partial charge in [-0.25, -0.2) is 4.79 Å². The van der Waals surface area contributed by atoms with Crippen LogP contribution in [-0.4, -0.2) is 34.7 Å². The van der Waals surface area contributed by atoms with Gasteiger partial charge < -0.3 is 14.4 Å². The lowest BCUT2D eigenvalue weighted by atomic mass is 9.90. The average molecular weight is 371 g/mol. The molecule has 0 aliphatic carbocycles. The van der Waals surface area contributed by atoms with Crippen LogP contribution in [0.15, 0.2) is 16.7 Å². The molecule has 6 heteroatoms. The average Bonchev–Trinajstić information content (AvgIpc) is 2.75. The summed E-state index contributed by atoms with van der Waals surface area (Å²) in [5, 5.41) is 0. The minimum atomic E-state index is -0.475. The summed E-state index contributed by atoms with van der Waals surface area (Å²) in [6.07, 6.45) is 1.48. The lowest BCUT2D eigenvalue weighted by Gasteiger charge is -2.46. The number of aromatic nitrogens is 1. The Balaban J connectivity index is 0.000000847. The fourth-order valence-corrected chi connectivity index (χ4v) is 2.93. The number of pyridine rings is 1. The molecule has 2 aliphatic rings. The van der Waals surface area contributed by atoms with E-state index >= 15 is 0 Å². The first-order chi connectivity index (χ1) is 10.3. The normalized spacial score (nSPS) is 18.2. The molecule has 3 rings (SSSR count). The van der Waals surface area contributed by atoms with Crippen molar-refractivity contribution in [2.75, 3.05) is 13.1 Å². The van der Waals surface area contributed by atoms with Crippen LogP contribution in [0.25, 0.3) is 0 Å². The maximum absolute atomic E-state index is 12.0. The summed E-state index contributed by atoms with van der Waals surface area (Å²) in [6.45, 7) is 11.1. The van der Waals surface area contributed by atoms with Crippen LogP contribution in [0.5, 0.6) is 0 Å². The van der Waals surface area contributed by atoms with Crippen molar-refractivity contribution in [1.29, 1.82) is 0 Å². The second-order valence-electron chi connectivity index (χ2n) is 6.28. The van der Waals surface area contributed by atoms with Crippen molar-refractivity contribution in [3.8, 4) is 0 Å². The Morgan fingerprint density at radius 3 is 2.64 bits per heavy atom. The van der Waals surface area contributed by atoms with E-state index in [2.05, 4.69) is 20.9 Å². The van der Waals surface area contributed by atoms with E-state index in [1.807, 2.05) is 40.7 Å². The highest BCUT2D eigenvalue weighted by molar-refractivity contribution is 9.10. The van der Waals surface area contributed by atoms with E-state index in [9.17, 15) is 4.79 Å². The monoisotopic (exact) mass is 370 g/mol. The third kappa shape index (κ3) is 3.27. The van der Waals surface area contributed by atoms with Gasteiger partial charge in [-0.05, 0) is 42.8 Å². The van der Waals surface area contributed by atoms with Crippen molar-refractivity contribution >= 4 is 22.0 Å². The Hall–Kier alpha value is -1.14. The SMILES string of the molecule is CC.CC(C)(C)OC(=O)N1CC2(C1)OCc1cc(Br)cnc12. The second-order valence-corrected chi connectivity index (χ2v) is 7.20. The highest BCUT2D eigenvalue weighted by Gasteiger charge is 2.53. The molecular weight excluding hydrogens is 348 g/mol. The number of likely N-dealkylation sites (tertiary alicyclic amines) is 1. The fourth-order valence-electron chi connectivity index (χ4n) is 2.55. The minimum absolute atomic E-state index is 0.294. The lowest BCUT2D eigenvalue weighted by Crippen LogP contribution is -2.62. The molecular formula is C16H23BrN2O3. The number of hydrogen-bond acceptors (Lipinski definition) is 4. The topological polar surface area (TPSA) is 51.7 Å². The molecule has 3 heterocycles. The Bertz CT molecular complexity index is 563. The molecule has 1 spiro atoms. The number of fused-ring (bicyclic) bond motifs is 2. The van der Waals surface area contributed by atoms with Crippen LogP contribution in [0.3, 0.4) is 0 Å². The molecule has 0 bridgehead atoms. The van der Waals surface area contributed by atoms with E-state index in [0.29, 0.717) is 19.7 Å². The van der Waals surface area contributed by atoms with Crippen molar-refractivity contribution < 1.29 is 14.3 Å². The smallest absolute Gasteiger partial charge is 0.410 e. The number of halogens is 1. The lowest BCUT2D eigenvalue weighted by molar-refractivity contribution is -0.139. The Morgan fingerprint density at radius 2 is 2.05 bits per heavy atom. The molecule has 0 N–H and O–H groups in total. The molecule has 0 aromatic carbocycles. The first-order valence-corrected chi connectivity index (χ1v) is 8.35. The fraction of sp³-hybridized carbons (Fsp3) is 0.625. The zero-order chi connectivity index (χ0) is 16.5. The van der Waals surface area contributed by atoms with Crippen molar-refractivity contribution in [2.45, 2.75) is 52.4 Å². The van der Waals surface area contributed by atoms with E-state index in [-0.39, 0.29) is 6.09 Å². The zero-order valence-corrected chi connectivity index (χ0v) is 15.4. The first kappa shape index (κ1) is 17.2. The van der Waals surface area contributed by atoms with E-state index < -0.39 is 11.2 Å². The molecule has 122 valence electrons. The molecule has 1 aromatic rings. The molecule has 0 radical (unpaired) electrons. The Labute approximate surface area is 140 Å². The third-order valence-electron chi connectivity index (χ3n) is 3.41. The van der Waals surface area contributed by atoms with Crippen LogP contribution >= 0.6 is 15.9 Å². The summed E-state index contributed by atoms with van der Waals surface area (Å²) in [6, 6.07) is 2.02. The molecule has 1 amide bonds. The summed E-state index contributed by atoms with van der Waals surface area (Å²) in [5.41, 5.74) is 1.12. The quantitative estimate of drug-likeness (QED) is 0.695. The number of nitrogens with zero attached hydrogens (tertiary/aromatic N) is 2. The van der Waals surface area contributed by atoms with Gasteiger partial charge in [-0.2, -0.15) is 0 Å². The van der Waals surface area contributed by atoms with Crippen LogP contribution in [-0.2, 0) is 21.7 Å². The van der Waals surface area contributed by atoms with Crippen LogP contribution < -0.4 is 0 Å². The van der Waals surface area contributed by atoms with E-state index in [1.165, 1.54) is 0 Å². The van der Waals surface area contributed by atoms with E-state index in [1.54, 1.807) is 11.1 Å². The Kier molecular flexibility index (Phi) is 4.82. The summed E-state index contributed by atoms with van der Waals surface area (Å²) in [4.78, 5) is 18.1. The summed E-state index contributed by atoms with van der Waals surface area (Å²) in [7, 11) is 0. The van der Waals surface area contributed by atoms with E-state index in [0.717, 1.165) is 15.7 Å². The summed E-state index contributed by atoms with van der Waals surface area (Å²) >= 11 is 3.41. The molecule has 0 unspecified atom stereocenters. The van der Waals surface area contributed by atoms with Gasteiger partial charge in [0.1, 0.15) is 11.2 Å². The van der Waals surface area contributed by atoms with E-state index in [4.69, 9.17) is 9.47 Å². The third-order valence-corrected chi connectivity index (χ3v) is 3.85. The molecule has 1 aromatic heterocycles. The molecule has 0 atom stereocenters. The maximum Gasteiger partial charge on any atom is 0.410 e. The minimum Gasteiger partial charge on any atom is -0.444 e. The first-order valence-electron chi connectivity index (χ1n) is 7.56. The highest BCUT2D eigenvalue weighted by Crippen LogP contribution is 2.43. The zero-order valence-electron chi connectivity index (χ0n) is 13.8. The highest BCUT2D eigenvalue weighted by atomic mass is 79.9. The van der Waals surface area contributed by atoms with Crippen LogP contribution in [0.4, 0.5) is 4.79 Å². The van der Waals surface area contributed by atoms with Gasteiger partial charge in [0, 0.05) is 16.2 Å². The van der Waals surface area contributed by atoms with Gasteiger partial charge in [0.15, 0.2) is 0 Å². The molecule has 1 fully saturated rings. The molecule has 1 saturated heterocycles. The standard InChI is InChI=1S/C14H17BrN2O3.C2H6/c1-13(2,3)20-12(18)17-7-14(8-17)11-9(6-19-14)4-10(15)5-16-11;1-2/h4-5H,6-8H2,1-3H3;1-2H3. The van der Waals surface area contributed by atoms with Gasteiger partial charge in [-0.15, -0.1) is 0 Å². The number of rotatable bonds is 0. The maximum atomic E-state index is 12.0.